The van der Waals surface area contributed by atoms with Gasteiger partial charge in [0, 0.05) is 18.1 Å². The Morgan fingerprint density at radius 2 is 2.41 bits per heavy atom. The average molecular weight is 298 g/mol. The van der Waals surface area contributed by atoms with Crippen molar-refractivity contribution in [3.63, 3.8) is 0 Å². The van der Waals surface area contributed by atoms with Crippen LogP contribution in [0.3, 0.4) is 0 Å². The van der Waals surface area contributed by atoms with E-state index in [4.69, 9.17) is 15.7 Å². The van der Waals surface area contributed by atoms with Gasteiger partial charge in [-0.15, -0.1) is 0 Å². The zero-order valence-electron chi connectivity index (χ0n) is 9.24. The van der Waals surface area contributed by atoms with E-state index in [-0.39, 0.29) is 12.5 Å². The van der Waals surface area contributed by atoms with Crippen LogP contribution in [0.1, 0.15) is 5.56 Å². The fourth-order valence-corrected chi connectivity index (χ4v) is 1.60. The molecular weight excluding hydrogens is 286 g/mol. The number of anilines is 1. The van der Waals surface area contributed by atoms with E-state index in [9.17, 15) is 4.79 Å². The first-order valence-corrected chi connectivity index (χ1v) is 5.65. The van der Waals surface area contributed by atoms with Crippen molar-refractivity contribution in [2.45, 2.75) is 6.10 Å². The van der Waals surface area contributed by atoms with Crippen molar-refractivity contribution >= 4 is 27.5 Å². The predicted molar refractivity (Wildman–Crippen MR) is 67.3 cm³/mol. The smallest absolute Gasteiger partial charge is 0.254 e. The molecule has 0 fully saturated rings. The third-order valence-electron chi connectivity index (χ3n) is 2.15. The molecule has 0 spiro atoms. The number of ether oxygens (including phenoxy) is 1. The summed E-state index contributed by atoms with van der Waals surface area (Å²) in [6.45, 7) is 0.0841. The number of nitriles is 1. The van der Waals surface area contributed by atoms with Gasteiger partial charge >= 0.3 is 0 Å². The van der Waals surface area contributed by atoms with E-state index >= 15 is 0 Å². The second-order valence-electron chi connectivity index (χ2n) is 3.25. The van der Waals surface area contributed by atoms with Crippen LogP contribution in [-0.4, -0.2) is 25.7 Å². The van der Waals surface area contributed by atoms with Crippen molar-refractivity contribution in [3.8, 4) is 6.07 Å². The molecule has 1 amide bonds. The zero-order chi connectivity index (χ0) is 12.8. The van der Waals surface area contributed by atoms with Gasteiger partial charge in [-0.2, -0.15) is 5.26 Å². The molecular formula is C11H12BrN3O2. The lowest BCUT2D eigenvalue weighted by atomic mass is 10.2. The molecule has 90 valence electrons. The van der Waals surface area contributed by atoms with Crippen molar-refractivity contribution in [2.24, 2.45) is 5.73 Å². The van der Waals surface area contributed by atoms with Crippen molar-refractivity contribution in [1.82, 2.24) is 0 Å². The van der Waals surface area contributed by atoms with Gasteiger partial charge in [0.05, 0.1) is 11.3 Å². The maximum absolute atomic E-state index is 11.7. The Bertz CT molecular complexity index is 453. The monoisotopic (exact) mass is 297 g/mol. The van der Waals surface area contributed by atoms with Crippen LogP contribution in [0.15, 0.2) is 22.7 Å². The fourth-order valence-electron chi connectivity index (χ4n) is 1.24. The summed E-state index contributed by atoms with van der Waals surface area (Å²) < 4.78 is 5.67. The first-order valence-electron chi connectivity index (χ1n) is 4.85. The summed E-state index contributed by atoms with van der Waals surface area (Å²) >= 11 is 3.25. The molecule has 5 nitrogen and oxygen atoms in total. The van der Waals surface area contributed by atoms with Crippen LogP contribution in [0.25, 0.3) is 0 Å². The Labute approximate surface area is 108 Å². The molecule has 0 aliphatic rings. The van der Waals surface area contributed by atoms with Crippen molar-refractivity contribution in [2.75, 3.05) is 19.0 Å². The minimum absolute atomic E-state index is 0.0841. The summed E-state index contributed by atoms with van der Waals surface area (Å²) in [5.41, 5.74) is 6.19. The highest BCUT2D eigenvalue weighted by Crippen LogP contribution is 2.20. The summed E-state index contributed by atoms with van der Waals surface area (Å²) in [6, 6.07) is 7.00. The molecule has 0 bridgehead atoms. The van der Waals surface area contributed by atoms with Gasteiger partial charge in [-0.05, 0) is 18.2 Å². The molecule has 0 radical (unpaired) electrons. The van der Waals surface area contributed by atoms with Gasteiger partial charge in [0.2, 0.25) is 0 Å². The number of benzene rings is 1. The van der Waals surface area contributed by atoms with E-state index < -0.39 is 6.10 Å². The minimum Gasteiger partial charge on any atom is -0.370 e. The average Bonchev–Trinajstić information content (AvgIpc) is 2.33. The molecule has 0 aliphatic carbocycles. The van der Waals surface area contributed by atoms with Crippen molar-refractivity contribution in [1.29, 1.82) is 5.26 Å². The number of carbonyl (C=O) groups excluding carboxylic acids is 1. The molecule has 0 heterocycles. The number of rotatable bonds is 4. The third-order valence-corrected chi connectivity index (χ3v) is 2.64. The summed E-state index contributed by atoms with van der Waals surface area (Å²) in [7, 11) is 1.41. The largest absolute Gasteiger partial charge is 0.370 e. The topological polar surface area (TPSA) is 88.1 Å². The van der Waals surface area contributed by atoms with E-state index in [0.717, 1.165) is 4.47 Å². The maximum atomic E-state index is 11.7. The highest BCUT2D eigenvalue weighted by molar-refractivity contribution is 9.10. The lowest BCUT2D eigenvalue weighted by Gasteiger charge is -2.13. The molecule has 0 saturated carbocycles. The third kappa shape index (κ3) is 3.53. The van der Waals surface area contributed by atoms with Crippen LogP contribution < -0.4 is 11.1 Å². The Balaban J connectivity index is 2.89. The van der Waals surface area contributed by atoms with Crippen molar-refractivity contribution < 1.29 is 9.53 Å². The summed E-state index contributed by atoms with van der Waals surface area (Å²) in [5.74, 6) is -0.367. The van der Waals surface area contributed by atoms with E-state index in [0.29, 0.717) is 11.3 Å². The summed E-state index contributed by atoms with van der Waals surface area (Å²) in [6.07, 6.45) is -0.717. The molecule has 0 saturated heterocycles. The SMILES string of the molecule is COC(CN)C(=O)Nc1ccc(Br)cc1C#N. The maximum Gasteiger partial charge on any atom is 0.254 e. The number of nitrogens with two attached hydrogens (primary N) is 1. The van der Waals surface area contributed by atoms with Gasteiger partial charge < -0.3 is 15.8 Å². The Kier molecular flexibility index (Phi) is 5.10. The number of nitrogens with zero attached hydrogens (tertiary/aromatic N) is 1. The number of amides is 1. The molecule has 1 atom stereocenters. The molecule has 1 aromatic carbocycles. The van der Waals surface area contributed by atoms with Gasteiger partial charge in [-0.25, -0.2) is 0 Å². The molecule has 17 heavy (non-hydrogen) atoms. The van der Waals surface area contributed by atoms with E-state index in [1.54, 1.807) is 18.2 Å². The highest BCUT2D eigenvalue weighted by atomic mass is 79.9. The lowest BCUT2D eigenvalue weighted by molar-refractivity contribution is -0.125. The van der Waals surface area contributed by atoms with Gasteiger partial charge in [0.15, 0.2) is 0 Å². The van der Waals surface area contributed by atoms with E-state index in [1.165, 1.54) is 7.11 Å². The van der Waals surface area contributed by atoms with Gasteiger partial charge in [-0.3, -0.25) is 4.79 Å². The quantitative estimate of drug-likeness (QED) is 0.875. The fraction of sp³-hybridized carbons (Fsp3) is 0.273. The number of halogens is 1. The van der Waals surface area contributed by atoms with Crippen LogP contribution in [0.5, 0.6) is 0 Å². The molecule has 6 heteroatoms. The van der Waals surface area contributed by atoms with Crippen molar-refractivity contribution in [3.05, 3.63) is 28.2 Å². The van der Waals surface area contributed by atoms with Gasteiger partial charge in [0.1, 0.15) is 12.2 Å². The molecule has 1 aromatic rings. The molecule has 3 N–H and O–H groups in total. The highest BCUT2D eigenvalue weighted by Gasteiger charge is 2.17. The van der Waals surface area contributed by atoms with E-state index in [2.05, 4.69) is 21.2 Å². The summed E-state index contributed by atoms with van der Waals surface area (Å²) in [5, 5.41) is 11.5. The molecule has 1 unspecified atom stereocenters. The first-order chi connectivity index (χ1) is 8.12. The molecule has 0 aromatic heterocycles. The second kappa shape index (κ2) is 6.35. The Hall–Kier alpha value is -1.42. The molecule has 0 aliphatic heterocycles. The molecule has 1 rings (SSSR count). The van der Waals surface area contributed by atoms with Crippen LogP contribution in [0, 0.1) is 11.3 Å². The number of nitrogens with one attached hydrogen (secondary N) is 1. The second-order valence-corrected chi connectivity index (χ2v) is 4.17. The number of hydrogen-bond donors (Lipinski definition) is 2. The Morgan fingerprint density at radius 3 is 2.94 bits per heavy atom. The van der Waals surface area contributed by atoms with Crippen LogP contribution in [0.2, 0.25) is 0 Å². The lowest BCUT2D eigenvalue weighted by Crippen LogP contribution is -2.36. The number of hydrogen-bond acceptors (Lipinski definition) is 4. The summed E-state index contributed by atoms with van der Waals surface area (Å²) in [4.78, 5) is 11.7. The first kappa shape index (κ1) is 13.6. The van der Waals surface area contributed by atoms with E-state index in [1.807, 2.05) is 6.07 Å². The van der Waals surface area contributed by atoms with Gasteiger partial charge in [-0.1, -0.05) is 15.9 Å². The zero-order valence-corrected chi connectivity index (χ0v) is 10.8. The Morgan fingerprint density at radius 1 is 1.71 bits per heavy atom. The predicted octanol–water partition coefficient (Wildman–Crippen LogP) is 1.23. The van der Waals surface area contributed by atoms with Crippen LogP contribution in [-0.2, 0) is 9.53 Å². The normalized spacial score (nSPS) is 11.6. The van der Waals surface area contributed by atoms with Crippen LogP contribution in [0.4, 0.5) is 5.69 Å². The van der Waals surface area contributed by atoms with Gasteiger partial charge in [0.25, 0.3) is 5.91 Å². The van der Waals surface area contributed by atoms with Crippen LogP contribution >= 0.6 is 15.9 Å². The number of carbonyl (C=O) groups is 1. The minimum atomic E-state index is -0.717. The number of methoxy groups -OCH3 is 1. The standard InChI is InChI=1S/C11H12BrN3O2/c1-17-10(6-14)11(16)15-9-3-2-8(12)4-7(9)5-13/h2-4,10H,6,14H2,1H3,(H,15,16).